The van der Waals surface area contributed by atoms with E-state index in [2.05, 4.69) is 5.32 Å². The molecule has 9 heteroatoms. The minimum absolute atomic E-state index is 0.0163. The van der Waals surface area contributed by atoms with Crippen LogP contribution >= 0.6 is 11.8 Å². The van der Waals surface area contributed by atoms with Crippen LogP contribution in [-0.2, 0) is 9.59 Å². The minimum atomic E-state index is -0.386. The Bertz CT molecular complexity index is 844. The Labute approximate surface area is 173 Å². The Morgan fingerprint density at radius 3 is 2.34 bits per heavy atom. The number of hydrogen-bond donors (Lipinski definition) is 1. The Morgan fingerprint density at radius 2 is 1.83 bits per heavy atom. The van der Waals surface area contributed by atoms with Gasteiger partial charge in [0.15, 0.2) is 11.5 Å². The number of imide groups is 1. The summed E-state index contributed by atoms with van der Waals surface area (Å²) >= 11 is 0.864. The number of ether oxygens (including phenoxy) is 3. The number of benzene rings is 1. The van der Waals surface area contributed by atoms with Crippen LogP contribution in [0.1, 0.15) is 18.9 Å². The topological polar surface area (TPSA) is 94.2 Å². The van der Waals surface area contributed by atoms with Crippen LogP contribution in [0.5, 0.6) is 17.2 Å². The maximum absolute atomic E-state index is 12.6. The quantitative estimate of drug-likeness (QED) is 0.646. The minimum Gasteiger partial charge on any atom is -0.493 e. The second kappa shape index (κ2) is 8.77. The number of rotatable bonds is 8. The van der Waals surface area contributed by atoms with Gasteiger partial charge in [-0.3, -0.25) is 19.3 Å². The lowest BCUT2D eigenvalue weighted by molar-refractivity contribution is -0.125. The number of amides is 3. The molecule has 8 nitrogen and oxygen atoms in total. The number of thioether (sulfide) groups is 1. The fourth-order valence-electron chi connectivity index (χ4n) is 3.14. The van der Waals surface area contributed by atoms with E-state index in [4.69, 9.17) is 14.2 Å². The van der Waals surface area contributed by atoms with Crippen LogP contribution in [0.25, 0.3) is 6.08 Å². The van der Waals surface area contributed by atoms with E-state index in [0.717, 1.165) is 23.1 Å². The van der Waals surface area contributed by atoms with Crippen LogP contribution in [0.4, 0.5) is 4.79 Å². The third-order valence-electron chi connectivity index (χ3n) is 4.94. The standard InChI is InChI=1S/C20H24N2O6S/c1-11-7-13(11)18(23)21-5-6-22-19(24)16(29-20(22)25)10-12-8-14(26-2)17(28-4)15(9-12)27-3/h8-11,13H,5-7H2,1-4H3,(H,21,23)/b16-10-/t11-,13-/m1/s1. The molecule has 2 fully saturated rings. The lowest BCUT2D eigenvalue weighted by atomic mass is 10.1. The first-order valence-corrected chi connectivity index (χ1v) is 10.0. The molecular formula is C20H24N2O6S. The third-order valence-corrected chi connectivity index (χ3v) is 5.85. The molecule has 0 spiro atoms. The number of nitrogens with one attached hydrogen (secondary N) is 1. The van der Waals surface area contributed by atoms with E-state index in [1.54, 1.807) is 18.2 Å². The summed E-state index contributed by atoms with van der Waals surface area (Å²) in [4.78, 5) is 38.2. The van der Waals surface area contributed by atoms with Crippen molar-refractivity contribution in [3.8, 4) is 17.2 Å². The highest BCUT2D eigenvalue weighted by Gasteiger charge is 2.39. The van der Waals surface area contributed by atoms with Gasteiger partial charge >= 0.3 is 0 Å². The second-order valence-corrected chi connectivity index (χ2v) is 7.90. The van der Waals surface area contributed by atoms with Crippen LogP contribution in [0.3, 0.4) is 0 Å². The molecule has 0 radical (unpaired) electrons. The van der Waals surface area contributed by atoms with E-state index in [0.29, 0.717) is 33.6 Å². The average molecular weight is 420 g/mol. The summed E-state index contributed by atoms with van der Waals surface area (Å²) in [5.74, 6) is 1.42. The van der Waals surface area contributed by atoms with Gasteiger partial charge < -0.3 is 19.5 Å². The zero-order valence-corrected chi connectivity index (χ0v) is 17.6. The highest BCUT2D eigenvalue weighted by molar-refractivity contribution is 8.18. The molecule has 3 amide bonds. The van der Waals surface area contributed by atoms with Crippen molar-refractivity contribution in [1.82, 2.24) is 10.2 Å². The first kappa shape index (κ1) is 21.0. The van der Waals surface area contributed by atoms with Crippen molar-refractivity contribution in [2.45, 2.75) is 13.3 Å². The van der Waals surface area contributed by atoms with Gasteiger partial charge in [-0.15, -0.1) is 0 Å². The largest absolute Gasteiger partial charge is 0.493 e. The second-order valence-electron chi connectivity index (χ2n) is 6.90. The van der Waals surface area contributed by atoms with Gasteiger partial charge in [0.1, 0.15) is 0 Å². The lowest BCUT2D eigenvalue weighted by Crippen LogP contribution is -2.37. The van der Waals surface area contributed by atoms with Crippen molar-refractivity contribution >= 4 is 34.9 Å². The van der Waals surface area contributed by atoms with Crippen molar-refractivity contribution in [2.75, 3.05) is 34.4 Å². The molecule has 1 saturated heterocycles. The lowest BCUT2D eigenvalue weighted by Gasteiger charge is -2.13. The fourth-order valence-corrected chi connectivity index (χ4v) is 4.00. The molecule has 1 saturated carbocycles. The van der Waals surface area contributed by atoms with E-state index >= 15 is 0 Å². The van der Waals surface area contributed by atoms with Crippen molar-refractivity contribution in [3.63, 3.8) is 0 Å². The highest BCUT2D eigenvalue weighted by atomic mass is 32.2. The molecule has 1 aliphatic carbocycles. The van der Waals surface area contributed by atoms with Crippen molar-refractivity contribution < 1.29 is 28.6 Å². The Balaban J connectivity index is 1.70. The summed E-state index contributed by atoms with van der Waals surface area (Å²) < 4.78 is 15.9. The van der Waals surface area contributed by atoms with Gasteiger partial charge in [0.2, 0.25) is 11.7 Å². The van der Waals surface area contributed by atoms with E-state index in [1.165, 1.54) is 21.3 Å². The van der Waals surface area contributed by atoms with Gasteiger partial charge in [-0.2, -0.15) is 0 Å². The van der Waals surface area contributed by atoms with Crippen LogP contribution in [-0.4, -0.2) is 56.4 Å². The predicted molar refractivity (Wildman–Crippen MR) is 109 cm³/mol. The Morgan fingerprint density at radius 1 is 1.21 bits per heavy atom. The molecule has 1 aromatic rings. The molecule has 2 atom stereocenters. The molecular weight excluding hydrogens is 396 g/mol. The number of hydrogen-bond acceptors (Lipinski definition) is 7. The summed E-state index contributed by atoms with van der Waals surface area (Å²) in [6.45, 7) is 2.41. The predicted octanol–water partition coefficient (Wildman–Crippen LogP) is 2.52. The fraction of sp³-hybridized carbons (Fsp3) is 0.450. The highest BCUT2D eigenvalue weighted by Crippen LogP contribution is 2.40. The van der Waals surface area contributed by atoms with Crippen molar-refractivity contribution in [2.24, 2.45) is 11.8 Å². The molecule has 2 aliphatic rings. The van der Waals surface area contributed by atoms with Gasteiger partial charge in [0.25, 0.3) is 11.1 Å². The van der Waals surface area contributed by atoms with E-state index in [1.807, 2.05) is 6.92 Å². The maximum atomic E-state index is 12.6. The number of nitrogens with zero attached hydrogens (tertiary/aromatic N) is 1. The molecule has 1 aromatic carbocycles. The van der Waals surface area contributed by atoms with Crippen LogP contribution in [0.15, 0.2) is 17.0 Å². The summed E-state index contributed by atoms with van der Waals surface area (Å²) in [6, 6.07) is 3.40. The first-order valence-electron chi connectivity index (χ1n) is 9.22. The van der Waals surface area contributed by atoms with Gasteiger partial charge in [0.05, 0.1) is 26.2 Å². The number of carbonyl (C=O) groups is 3. The molecule has 156 valence electrons. The SMILES string of the molecule is COc1cc(/C=C2\SC(=O)N(CCNC(=O)[C@@H]3C[C@H]3C)C2=O)cc(OC)c1OC. The third kappa shape index (κ3) is 4.50. The zero-order valence-electron chi connectivity index (χ0n) is 16.8. The van der Waals surface area contributed by atoms with Crippen LogP contribution in [0.2, 0.25) is 0 Å². The Hall–Kier alpha value is -2.68. The van der Waals surface area contributed by atoms with Crippen molar-refractivity contribution in [3.05, 3.63) is 22.6 Å². The van der Waals surface area contributed by atoms with E-state index in [9.17, 15) is 14.4 Å². The molecule has 1 N–H and O–H groups in total. The number of carbonyl (C=O) groups excluding carboxylic acids is 3. The molecule has 1 heterocycles. The maximum Gasteiger partial charge on any atom is 0.293 e. The summed E-state index contributed by atoms with van der Waals surface area (Å²) in [7, 11) is 4.52. The van der Waals surface area contributed by atoms with Gasteiger partial charge in [-0.05, 0) is 47.9 Å². The Kier molecular flexibility index (Phi) is 6.36. The van der Waals surface area contributed by atoms with Gasteiger partial charge in [-0.25, -0.2) is 0 Å². The molecule has 1 aliphatic heterocycles. The molecule has 3 rings (SSSR count). The normalized spacial score (nSPS) is 22.1. The molecule has 0 bridgehead atoms. The molecule has 0 aromatic heterocycles. The van der Waals surface area contributed by atoms with Crippen LogP contribution < -0.4 is 19.5 Å². The monoisotopic (exact) mass is 420 g/mol. The summed E-state index contributed by atoms with van der Waals surface area (Å²) in [6.07, 6.45) is 2.50. The summed E-state index contributed by atoms with van der Waals surface area (Å²) in [5.41, 5.74) is 0.640. The van der Waals surface area contributed by atoms with Crippen LogP contribution in [0, 0.1) is 11.8 Å². The molecule has 0 unspecified atom stereocenters. The van der Waals surface area contributed by atoms with Crippen molar-refractivity contribution in [1.29, 1.82) is 0 Å². The van der Waals surface area contributed by atoms with Gasteiger partial charge in [-0.1, -0.05) is 6.92 Å². The summed E-state index contributed by atoms with van der Waals surface area (Å²) in [5, 5.41) is 2.43. The number of methoxy groups -OCH3 is 3. The smallest absolute Gasteiger partial charge is 0.293 e. The zero-order chi connectivity index (χ0) is 21.1. The first-order chi connectivity index (χ1) is 13.9. The average Bonchev–Trinajstić information content (AvgIpc) is 3.39. The van der Waals surface area contributed by atoms with E-state index < -0.39 is 0 Å². The van der Waals surface area contributed by atoms with Gasteiger partial charge in [0, 0.05) is 19.0 Å². The van der Waals surface area contributed by atoms with E-state index in [-0.39, 0.29) is 36.1 Å². The molecule has 29 heavy (non-hydrogen) atoms.